The number of hydrogen-bond acceptors (Lipinski definition) is 2. The van der Waals surface area contributed by atoms with Crippen LogP contribution in [-0.4, -0.2) is 45.4 Å². The summed E-state index contributed by atoms with van der Waals surface area (Å²) < 4.78 is 15.1. The summed E-state index contributed by atoms with van der Waals surface area (Å²) in [6.45, 7) is 5.52. The third-order valence-electron chi connectivity index (χ3n) is 1.60. The number of rotatable bonds is 7. The van der Waals surface area contributed by atoms with Crippen molar-refractivity contribution in [2.45, 2.75) is 38.7 Å². The first kappa shape index (κ1) is 17.3. The molecule has 6 heteroatoms. The van der Waals surface area contributed by atoms with E-state index in [1.54, 1.807) is 6.08 Å². The van der Waals surface area contributed by atoms with Crippen molar-refractivity contribution < 1.29 is 18.9 Å². The Morgan fingerprint density at radius 2 is 2.14 bits per heavy atom. The standard InChI is InChI=1S/C8H17O4P.Na.H/c1-3-5-7-8(6-4-2)12-13(9,10)11;;/h4,8H,2-3,5-7H2,1H3,(H2,9,10,11);;. The third-order valence-corrected chi connectivity index (χ3v) is 2.17. The summed E-state index contributed by atoms with van der Waals surface area (Å²) in [5.41, 5.74) is 0. The van der Waals surface area contributed by atoms with Crippen LogP contribution in [0.5, 0.6) is 0 Å². The van der Waals surface area contributed by atoms with Crippen molar-refractivity contribution in [3.05, 3.63) is 12.7 Å². The summed E-state index contributed by atoms with van der Waals surface area (Å²) in [5, 5.41) is 0. The van der Waals surface area contributed by atoms with Crippen LogP contribution >= 0.6 is 7.82 Å². The summed E-state index contributed by atoms with van der Waals surface area (Å²) in [6, 6.07) is 0. The van der Waals surface area contributed by atoms with Crippen molar-refractivity contribution in [1.29, 1.82) is 0 Å². The molecule has 4 nitrogen and oxygen atoms in total. The summed E-state index contributed by atoms with van der Waals surface area (Å²) >= 11 is 0. The predicted octanol–water partition coefficient (Wildman–Crippen LogP) is 1.58. The van der Waals surface area contributed by atoms with Gasteiger partial charge in [0.1, 0.15) is 0 Å². The van der Waals surface area contributed by atoms with Gasteiger partial charge < -0.3 is 9.79 Å². The van der Waals surface area contributed by atoms with Crippen molar-refractivity contribution in [2.24, 2.45) is 0 Å². The summed E-state index contributed by atoms with van der Waals surface area (Å²) in [5.74, 6) is 0. The molecule has 0 saturated heterocycles. The van der Waals surface area contributed by atoms with E-state index in [1.165, 1.54) is 0 Å². The molecule has 0 bridgehead atoms. The number of unbranched alkanes of at least 4 members (excludes halogenated alkanes) is 1. The van der Waals surface area contributed by atoms with Gasteiger partial charge >= 0.3 is 37.4 Å². The fraction of sp³-hybridized carbons (Fsp3) is 0.750. The molecule has 0 saturated carbocycles. The second-order valence-electron chi connectivity index (χ2n) is 2.88. The number of phosphoric acid groups is 1. The van der Waals surface area contributed by atoms with E-state index in [-0.39, 0.29) is 29.6 Å². The molecule has 0 aliphatic rings. The normalized spacial score (nSPS) is 13.1. The Hall–Kier alpha value is 0.850. The molecule has 0 spiro atoms. The fourth-order valence-corrected chi connectivity index (χ4v) is 1.61. The minimum atomic E-state index is -4.34. The van der Waals surface area contributed by atoms with E-state index >= 15 is 0 Å². The topological polar surface area (TPSA) is 66.8 Å². The average molecular weight is 232 g/mol. The van der Waals surface area contributed by atoms with Gasteiger partial charge in [-0.2, -0.15) is 0 Å². The quantitative estimate of drug-likeness (QED) is 0.397. The number of hydrogen-bond donors (Lipinski definition) is 2. The van der Waals surface area contributed by atoms with Gasteiger partial charge in [-0.3, -0.25) is 4.52 Å². The Bertz CT molecular complexity index is 192. The Kier molecular flexibility index (Phi) is 11.2. The molecule has 0 amide bonds. The molecular formula is C8H18NaO4P. The van der Waals surface area contributed by atoms with E-state index in [0.717, 1.165) is 12.8 Å². The van der Waals surface area contributed by atoms with Crippen LogP contribution in [0.1, 0.15) is 32.6 Å². The first-order valence-corrected chi connectivity index (χ1v) is 5.87. The van der Waals surface area contributed by atoms with E-state index < -0.39 is 13.9 Å². The third kappa shape index (κ3) is 10.9. The van der Waals surface area contributed by atoms with Gasteiger partial charge in [0, 0.05) is 0 Å². The van der Waals surface area contributed by atoms with E-state index in [9.17, 15) is 4.57 Å². The summed E-state index contributed by atoms with van der Waals surface area (Å²) in [7, 11) is -4.34. The van der Waals surface area contributed by atoms with E-state index in [4.69, 9.17) is 9.79 Å². The maximum atomic E-state index is 10.5. The molecule has 0 rings (SSSR count). The molecule has 0 aromatic heterocycles. The molecule has 14 heavy (non-hydrogen) atoms. The van der Waals surface area contributed by atoms with Crippen LogP contribution in [-0.2, 0) is 9.09 Å². The second kappa shape index (κ2) is 9.10. The van der Waals surface area contributed by atoms with E-state index in [1.807, 2.05) is 6.92 Å². The van der Waals surface area contributed by atoms with Gasteiger partial charge in [0.15, 0.2) is 0 Å². The molecule has 0 fully saturated rings. The zero-order valence-electron chi connectivity index (χ0n) is 7.85. The van der Waals surface area contributed by atoms with Crippen molar-refractivity contribution in [3.8, 4) is 0 Å². The Morgan fingerprint density at radius 1 is 1.57 bits per heavy atom. The van der Waals surface area contributed by atoms with Gasteiger partial charge in [0.25, 0.3) is 0 Å². The van der Waals surface area contributed by atoms with Gasteiger partial charge in [0.05, 0.1) is 6.10 Å². The van der Waals surface area contributed by atoms with Crippen LogP contribution in [0.15, 0.2) is 12.7 Å². The maximum absolute atomic E-state index is 10.5. The van der Waals surface area contributed by atoms with E-state index in [2.05, 4.69) is 11.1 Å². The van der Waals surface area contributed by atoms with Gasteiger partial charge in [0.2, 0.25) is 0 Å². The first-order chi connectivity index (χ1) is 5.99. The molecule has 0 radical (unpaired) electrons. The average Bonchev–Trinajstić information content (AvgIpc) is 1.98. The molecule has 2 N–H and O–H groups in total. The van der Waals surface area contributed by atoms with Gasteiger partial charge in [-0.05, 0) is 12.8 Å². The Morgan fingerprint density at radius 3 is 2.50 bits per heavy atom. The van der Waals surface area contributed by atoms with Crippen molar-refractivity contribution in [3.63, 3.8) is 0 Å². The minimum absolute atomic E-state index is 0. The van der Waals surface area contributed by atoms with Crippen LogP contribution in [0.3, 0.4) is 0 Å². The predicted molar refractivity (Wildman–Crippen MR) is 58.4 cm³/mol. The van der Waals surface area contributed by atoms with Crippen molar-refractivity contribution in [1.82, 2.24) is 0 Å². The van der Waals surface area contributed by atoms with Crippen LogP contribution < -0.4 is 0 Å². The molecule has 0 aromatic carbocycles. The monoisotopic (exact) mass is 232 g/mol. The fourth-order valence-electron chi connectivity index (χ4n) is 1.03. The molecule has 1 atom stereocenters. The molecule has 0 aliphatic carbocycles. The molecule has 0 heterocycles. The van der Waals surface area contributed by atoms with Crippen LogP contribution in [0.25, 0.3) is 0 Å². The second-order valence-corrected chi connectivity index (χ2v) is 4.08. The number of phosphoric ester groups is 1. The molecule has 80 valence electrons. The zero-order valence-corrected chi connectivity index (χ0v) is 8.74. The molecule has 0 aliphatic heterocycles. The van der Waals surface area contributed by atoms with Gasteiger partial charge in [-0.25, -0.2) is 4.57 Å². The Labute approximate surface area is 107 Å². The van der Waals surface area contributed by atoms with Crippen molar-refractivity contribution in [2.75, 3.05) is 0 Å². The summed E-state index contributed by atoms with van der Waals surface area (Å²) in [4.78, 5) is 17.1. The molecule has 0 aromatic rings. The van der Waals surface area contributed by atoms with Crippen LogP contribution in [0.4, 0.5) is 0 Å². The van der Waals surface area contributed by atoms with Gasteiger partial charge in [-0.15, -0.1) is 6.58 Å². The molecule has 1 unspecified atom stereocenters. The van der Waals surface area contributed by atoms with Gasteiger partial charge in [-0.1, -0.05) is 25.8 Å². The van der Waals surface area contributed by atoms with Crippen LogP contribution in [0.2, 0.25) is 0 Å². The van der Waals surface area contributed by atoms with E-state index in [0.29, 0.717) is 12.8 Å². The molecular weight excluding hydrogens is 214 g/mol. The van der Waals surface area contributed by atoms with Crippen molar-refractivity contribution >= 4 is 37.4 Å². The van der Waals surface area contributed by atoms with Crippen LogP contribution in [0, 0.1) is 0 Å². The first-order valence-electron chi connectivity index (χ1n) is 4.34. The Balaban J connectivity index is 0. The SMILES string of the molecule is C=CCC(CCCC)OP(=O)(O)O.[NaH]. The summed E-state index contributed by atoms with van der Waals surface area (Å²) in [6.07, 6.45) is 4.23. The zero-order chi connectivity index (χ0) is 10.3.